The van der Waals surface area contributed by atoms with Crippen molar-refractivity contribution in [3.05, 3.63) is 59.7 Å². The van der Waals surface area contributed by atoms with Gasteiger partial charge in [-0.25, -0.2) is 9.79 Å². The van der Waals surface area contributed by atoms with Crippen LogP contribution in [-0.2, 0) is 15.8 Å². The van der Waals surface area contributed by atoms with Gasteiger partial charge in [-0.15, -0.1) is 0 Å². The number of hydrogen-bond donors (Lipinski definition) is 2. The summed E-state index contributed by atoms with van der Waals surface area (Å²) in [7, 11) is 1.43. The fourth-order valence-corrected chi connectivity index (χ4v) is 3.74. The minimum atomic E-state index is -4.53. The smallest absolute Gasteiger partial charge is 0.416 e. The highest BCUT2D eigenvalue weighted by Gasteiger charge is 2.34. The molecule has 3 rings (SSSR count). The second kappa shape index (κ2) is 8.80. The molecule has 2 N–H and O–H groups in total. The van der Waals surface area contributed by atoms with Gasteiger partial charge in [-0.2, -0.15) is 13.2 Å². The molecule has 1 fully saturated rings. The molecule has 0 aliphatic carbocycles. The molecule has 0 radical (unpaired) electrons. The van der Waals surface area contributed by atoms with Crippen LogP contribution < -0.4 is 5.32 Å². The zero-order valence-electron chi connectivity index (χ0n) is 16.0. The Bertz CT molecular complexity index is 1050. The van der Waals surface area contributed by atoms with E-state index in [4.69, 9.17) is 5.11 Å². The topological polar surface area (TPSA) is 99.1 Å². The fourth-order valence-electron chi connectivity index (χ4n) is 2.68. The van der Waals surface area contributed by atoms with E-state index in [9.17, 15) is 27.6 Å². The summed E-state index contributed by atoms with van der Waals surface area (Å²) in [5.41, 5.74) is -0.471. The summed E-state index contributed by atoms with van der Waals surface area (Å²) in [5, 5.41) is 10.8. The minimum absolute atomic E-state index is 0.00212. The Morgan fingerprint density at radius 2 is 1.87 bits per heavy atom. The first-order chi connectivity index (χ1) is 14.5. The van der Waals surface area contributed by atoms with Crippen LogP contribution in [0.3, 0.4) is 0 Å². The van der Waals surface area contributed by atoms with E-state index in [-0.39, 0.29) is 22.8 Å². The average Bonchev–Trinajstić information content (AvgIpc) is 2.71. The molecule has 1 saturated heterocycles. The summed E-state index contributed by atoms with van der Waals surface area (Å²) < 4.78 is 38.8. The van der Waals surface area contributed by atoms with Crippen LogP contribution in [0.15, 0.2) is 53.5 Å². The van der Waals surface area contributed by atoms with Crippen molar-refractivity contribution in [1.82, 2.24) is 4.90 Å². The molecule has 7 nitrogen and oxygen atoms in total. The van der Waals surface area contributed by atoms with Crippen molar-refractivity contribution in [3.63, 3.8) is 0 Å². The van der Waals surface area contributed by atoms with E-state index in [1.54, 1.807) is 0 Å². The standard InChI is InChI=1S/C20H16F3N3O4S/c1-26-16(27)10-15(17(28)24-13-7-5-11(6-8-13)18(29)30)31-19(26)25-14-4-2-3-12(9-14)20(21,22)23/h2-9,15H,10H2,1H3,(H,24,28)(H,29,30)/t15-/m1/s1. The summed E-state index contributed by atoms with van der Waals surface area (Å²) in [6.07, 6.45) is -4.65. The van der Waals surface area contributed by atoms with Crippen LogP contribution >= 0.6 is 11.8 Å². The van der Waals surface area contributed by atoms with Crippen molar-refractivity contribution in [2.24, 2.45) is 4.99 Å². The van der Waals surface area contributed by atoms with Crippen molar-refractivity contribution in [1.29, 1.82) is 0 Å². The van der Waals surface area contributed by atoms with Gasteiger partial charge in [0, 0.05) is 19.2 Å². The quantitative estimate of drug-likeness (QED) is 0.732. The Morgan fingerprint density at radius 1 is 1.19 bits per heavy atom. The van der Waals surface area contributed by atoms with Gasteiger partial charge in [-0.3, -0.25) is 14.5 Å². The molecular formula is C20H16F3N3O4S. The van der Waals surface area contributed by atoms with E-state index >= 15 is 0 Å². The molecule has 1 atom stereocenters. The van der Waals surface area contributed by atoms with E-state index in [0.29, 0.717) is 5.69 Å². The Hall–Kier alpha value is -3.34. The number of anilines is 1. The number of amidine groups is 1. The lowest BCUT2D eigenvalue weighted by Crippen LogP contribution is -2.43. The zero-order valence-corrected chi connectivity index (χ0v) is 16.8. The maximum atomic E-state index is 12.9. The number of carbonyl (C=O) groups excluding carboxylic acids is 2. The van der Waals surface area contributed by atoms with Gasteiger partial charge in [0.2, 0.25) is 11.8 Å². The Kier molecular flexibility index (Phi) is 6.34. The lowest BCUT2D eigenvalue weighted by molar-refractivity contribution is -0.137. The van der Waals surface area contributed by atoms with E-state index in [0.717, 1.165) is 23.9 Å². The van der Waals surface area contributed by atoms with Crippen LogP contribution in [0.4, 0.5) is 24.5 Å². The lowest BCUT2D eigenvalue weighted by Gasteiger charge is -2.28. The van der Waals surface area contributed by atoms with Crippen LogP contribution in [0.1, 0.15) is 22.3 Å². The van der Waals surface area contributed by atoms with Crippen molar-refractivity contribution in [2.75, 3.05) is 12.4 Å². The normalized spacial score (nSPS) is 18.2. The first kappa shape index (κ1) is 22.3. The predicted molar refractivity (Wildman–Crippen MR) is 109 cm³/mol. The second-order valence-electron chi connectivity index (χ2n) is 6.58. The Labute approximate surface area is 179 Å². The first-order valence-electron chi connectivity index (χ1n) is 8.88. The number of benzene rings is 2. The van der Waals surface area contributed by atoms with Crippen molar-refractivity contribution >= 4 is 46.1 Å². The van der Waals surface area contributed by atoms with E-state index < -0.39 is 34.8 Å². The number of nitrogens with zero attached hydrogens (tertiary/aromatic N) is 2. The largest absolute Gasteiger partial charge is 0.478 e. The number of carboxylic acid groups (broad SMARTS) is 1. The van der Waals surface area contributed by atoms with Crippen LogP contribution in [0.25, 0.3) is 0 Å². The van der Waals surface area contributed by atoms with Gasteiger partial charge in [0.1, 0.15) is 5.25 Å². The highest BCUT2D eigenvalue weighted by atomic mass is 32.2. The summed E-state index contributed by atoms with van der Waals surface area (Å²) >= 11 is 0.955. The number of halogens is 3. The summed E-state index contributed by atoms with van der Waals surface area (Å²) in [6, 6.07) is 9.84. The summed E-state index contributed by atoms with van der Waals surface area (Å²) in [4.78, 5) is 41.1. The van der Waals surface area contributed by atoms with Gasteiger partial charge in [-0.1, -0.05) is 17.8 Å². The predicted octanol–water partition coefficient (Wildman–Crippen LogP) is 3.99. The number of rotatable bonds is 4. The number of hydrogen-bond acceptors (Lipinski definition) is 5. The Balaban J connectivity index is 1.78. The van der Waals surface area contributed by atoms with Crippen molar-refractivity contribution in [3.8, 4) is 0 Å². The van der Waals surface area contributed by atoms with Crippen LogP contribution in [-0.4, -0.2) is 45.3 Å². The van der Waals surface area contributed by atoms with Gasteiger partial charge in [0.05, 0.1) is 16.8 Å². The molecule has 0 unspecified atom stereocenters. The molecule has 2 aromatic rings. The first-order valence-corrected chi connectivity index (χ1v) is 9.76. The SMILES string of the molecule is CN1C(=O)C[C@H](C(=O)Nc2ccc(C(=O)O)cc2)SC1=Nc1cccc(C(F)(F)F)c1. The molecule has 0 bridgehead atoms. The number of aliphatic imine (C=N–C) groups is 1. The molecule has 2 amide bonds. The summed E-state index contributed by atoms with van der Waals surface area (Å²) in [6.45, 7) is 0. The van der Waals surface area contributed by atoms with Crippen LogP contribution in [0.2, 0.25) is 0 Å². The molecule has 31 heavy (non-hydrogen) atoms. The van der Waals surface area contributed by atoms with Crippen LogP contribution in [0, 0.1) is 0 Å². The number of carboxylic acids is 1. The average molecular weight is 451 g/mol. The highest BCUT2D eigenvalue weighted by Crippen LogP contribution is 2.33. The molecule has 162 valence electrons. The van der Waals surface area contributed by atoms with Gasteiger partial charge in [0.25, 0.3) is 0 Å². The number of thioether (sulfide) groups is 1. The molecule has 1 aliphatic rings. The van der Waals surface area contributed by atoms with Gasteiger partial charge in [0.15, 0.2) is 5.17 Å². The number of aromatic carboxylic acids is 1. The van der Waals surface area contributed by atoms with E-state index in [1.807, 2.05) is 0 Å². The van der Waals surface area contributed by atoms with E-state index in [1.165, 1.54) is 48.3 Å². The Morgan fingerprint density at radius 3 is 2.48 bits per heavy atom. The van der Waals surface area contributed by atoms with Crippen LogP contribution in [0.5, 0.6) is 0 Å². The maximum Gasteiger partial charge on any atom is 0.416 e. The molecular weight excluding hydrogens is 435 g/mol. The third-order valence-electron chi connectivity index (χ3n) is 4.36. The zero-order chi connectivity index (χ0) is 22.8. The van der Waals surface area contributed by atoms with Gasteiger partial charge >= 0.3 is 12.1 Å². The molecule has 0 spiro atoms. The maximum absolute atomic E-state index is 12.9. The summed E-state index contributed by atoms with van der Waals surface area (Å²) in [5.74, 6) is -2.03. The molecule has 11 heteroatoms. The molecule has 2 aromatic carbocycles. The second-order valence-corrected chi connectivity index (χ2v) is 7.75. The third kappa shape index (κ3) is 5.43. The molecule has 0 saturated carbocycles. The van der Waals surface area contributed by atoms with Crippen molar-refractivity contribution < 1.29 is 32.7 Å². The van der Waals surface area contributed by atoms with E-state index in [2.05, 4.69) is 10.3 Å². The minimum Gasteiger partial charge on any atom is -0.478 e. The molecule has 1 aliphatic heterocycles. The number of amides is 2. The molecule has 0 aromatic heterocycles. The number of nitrogens with one attached hydrogen (secondary N) is 1. The van der Waals surface area contributed by atoms with Gasteiger partial charge < -0.3 is 10.4 Å². The number of alkyl halides is 3. The lowest BCUT2D eigenvalue weighted by atomic mass is 10.2. The van der Waals surface area contributed by atoms with Crippen molar-refractivity contribution in [2.45, 2.75) is 17.8 Å². The fraction of sp³-hybridized carbons (Fsp3) is 0.200. The monoisotopic (exact) mass is 451 g/mol. The molecule has 1 heterocycles. The highest BCUT2D eigenvalue weighted by molar-refractivity contribution is 8.15. The number of carbonyl (C=O) groups is 3. The third-order valence-corrected chi connectivity index (χ3v) is 5.60. The van der Waals surface area contributed by atoms with Gasteiger partial charge in [-0.05, 0) is 42.5 Å².